The van der Waals surface area contributed by atoms with E-state index in [0.29, 0.717) is 17.9 Å². The number of hydrogen-bond acceptors (Lipinski definition) is 2. The average molecular weight is 238 g/mol. The first-order valence-electron chi connectivity index (χ1n) is 7.18. The number of carbonyl (C=O) groups is 1. The lowest BCUT2D eigenvalue weighted by Crippen LogP contribution is -2.40. The van der Waals surface area contributed by atoms with E-state index in [2.05, 4.69) is 24.1 Å². The van der Waals surface area contributed by atoms with Crippen molar-refractivity contribution >= 4 is 5.91 Å². The molecule has 17 heavy (non-hydrogen) atoms. The van der Waals surface area contributed by atoms with Crippen molar-refractivity contribution in [2.24, 2.45) is 11.8 Å². The highest BCUT2D eigenvalue weighted by molar-refractivity contribution is 5.76. The van der Waals surface area contributed by atoms with Crippen molar-refractivity contribution in [1.82, 2.24) is 10.2 Å². The van der Waals surface area contributed by atoms with Crippen LogP contribution in [-0.4, -0.2) is 36.5 Å². The second-order valence-electron chi connectivity index (χ2n) is 5.96. The monoisotopic (exact) mass is 238 g/mol. The van der Waals surface area contributed by atoms with Crippen LogP contribution in [0.1, 0.15) is 46.0 Å². The van der Waals surface area contributed by atoms with Crippen LogP contribution in [0.15, 0.2) is 0 Å². The molecule has 2 aliphatic rings. The van der Waals surface area contributed by atoms with E-state index in [1.54, 1.807) is 0 Å². The van der Waals surface area contributed by atoms with Crippen LogP contribution < -0.4 is 5.32 Å². The average Bonchev–Trinajstić information content (AvgIpc) is 2.72. The molecule has 2 saturated heterocycles. The minimum atomic E-state index is 0.377. The molecule has 0 aliphatic carbocycles. The normalized spacial score (nSPS) is 31.0. The van der Waals surface area contributed by atoms with E-state index in [9.17, 15) is 4.79 Å². The smallest absolute Gasteiger partial charge is 0.222 e. The lowest BCUT2D eigenvalue weighted by atomic mass is 9.89. The molecule has 2 heterocycles. The standard InChI is InChI=1S/C14H26N2O/c1-11(2)12-5-6-14(17)16(9-7-12)10-13-4-3-8-15-13/h11-13,15H,3-10H2,1-2H3/t12?,13-/m0/s1. The molecular formula is C14H26N2O. The van der Waals surface area contributed by atoms with Crippen LogP contribution in [0, 0.1) is 11.8 Å². The second-order valence-corrected chi connectivity index (χ2v) is 5.96. The second kappa shape index (κ2) is 5.85. The summed E-state index contributed by atoms with van der Waals surface area (Å²) in [6.07, 6.45) is 5.54. The molecule has 98 valence electrons. The SMILES string of the molecule is CC(C)C1CCC(=O)N(C[C@@H]2CCCN2)CC1. The summed E-state index contributed by atoms with van der Waals surface area (Å²) in [6.45, 7) is 7.59. The van der Waals surface area contributed by atoms with E-state index in [4.69, 9.17) is 0 Å². The Morgan fingerprint density at radius 1 is 1.35 bits per heavy atom. The summed E-state index contributed by atoms with van der Waals surface area (Å²) in [5.74, 6) is 1.83. The number of nitrogens with zero attached hydrogens (tertiary/aromatic N) is 1. The van der Waals surface area contributed by atoms with E-state index >= 15 is 0 Å². The molecule has 0 aromatic heterocycles. The lowest BCUT2D eigenvalue weighted by Gasteiger charge is -2.25. The Hall–Kier alpha value is -0.570. The zero-order valence-corrected chi connectivity index (χ0v) is 11.2. The van der Waals surface area contributed by atoms with Crippen LogP contribution in [0.2, 0.25) is 0 Å². The van der Waals surface area contributed by atoms with Gasteiger partial charge in [-0.1, -0.05) is 13.8 Å². The van der Waals surface area contributed by atoms with E-state index in [1.807, 2.05) is 0 Å². The van der Waals surface area contributed by atoms with Gasteiger partial charge in [0, 0.05) is 25.6 Å². The first-order valence-corrected chi connectivity index (χ1v) is 7.18. The molecule has 2 rings (SSSR count). The van der Waals surface area contributed by atoms with Gasteiger partial charge in [0.05, 0.1) is 0 Å². The van der Waals surface area contributed by atoms with Crippen LogP contribution >= 0.6 is 0 Å². The fraction of sp³-hybridized carbons (Fsp3) is 0.929. The minimum Gasteiger partial charge on any atom is -0.341 e. The van der Waals surface area contributed by atoms with Gasteiger partial charge < -0.3 is 10.2 Å². The Bertz CT molecular complexity index is 259. The van der Waals surface area contributed by atoms with Crippen molar-refractivity contribution in [2.45, 2.75) is 52.0 Å². The molecule has 1 amide bonds. The molecule has 3 nitrogen and oxygen atoms in total. The summed E-state index contributed by atoms with van der Waals surface area (Å²) in [5.41, 5.74) is 0. The van der Waals surface area contributed by atoms with Gasteiger partial charge in [-0.05, 0) is 44.1 Å². The van der Waals surface area contributed by atoms with Gasteiger partial charge in [-0.25, -0.2) is 0 Å². The molecule has 0 saturated carbocycles. The summed E-state index contributed by atoms with van der Waals surface area (Å²) in [4.78, 5) is 14.2. The summed E-state index contributed by atoms with van der Waals surface area (Å²) in [6, 6.07) is 0.551. The van der Waals surface area contributed by atoms with Crippen molar-refractivity contribution < 1.29 is 4.79 Å². The van der Waals surface area contributed by atoms with Crippen molar-refractivity contribution in [3.63, 3.8) is 0 Å². The third-order valence-corrected chi connectivity index (χ3v) is 4.40. The van der Waals surface area contributed by atoms with Crippen LogP contribution in [-0.2, 0) is 4.79 Å². The summed E-state index contributed by atoms with van der Waals surface area (Å²) in [5, 5.41) is 3.48. The van der Waals surface area contributed by atoms with E-state index in [0.717, 1.165) is 38.4 Å². The molecule has 2 aliphatic heterocycles. The minimum absolute atomic E-state index is 0.377. The van der Waals surface area contributed by atoms with Gasteiger partial charge >= 0.3 is 0 Å². The zero-order chi connectivity index (χ0) is 12.3. The first-order chi connectivity index (χ1) is 8.16. The molecule has 3 heteroatoms. The van der Waals surface area contributed by atoms with Gasteiger partial charge in [0.15, 0.2) is 0 Å². The fourth-order valence-corrected chi connectivity index (χ4v) is 3.10. The molecule has 0 radical (unpaired) electrons. The summed E-state index contributed by atoms with van der Waals surface area (Å²) < 4.78 is 0. The highest BCUT2D eigenvalue weighted by Gasteiger charge is 2.26. The zero-order valence-electron chi connectivity index (χ0n) is 11.2. The van der Waals surface area contributed by atoms with Crippen molar-refractivity contribution in [3.8, 4) is 0 Å². The first kappa shape index (κ1) is 12.9. The molecule has 2 fully saturated rings. The van der Waals surface area contributed by atoms with Gasteiger partial charge in [0.25, 0.3) is 0 Å². The maximum Gasteiger partial charge on any atom is 0.222 e. The molecule has 0 bridgehead atoms. The predicted octanol–water partition coefficient (Wildman–Crippen LogP) is 2.02. The fourth-order valence-electron chi connectivity index (χ4n) is 3.10. The van der Waals surface area contributed by atoms with E-state index in [-0.39, 0.29) is 0 Å². The molecule has 1 N–H and O–H groups in total. The van der Waals surface area contributed by atoms with Crippen LogP contribution in [0.4, 0.5) is 0 Å². The van der Waals surface area contributed by atoms with Gasteiger partial charge in [-0.3, -0.25) is 4.79 Å². The maximum atomic E-state index is 12.1. The Balaban J connectivity index is 1.86. The van der Waals surface area contributed by atoms with Crippen LogP contribution in [0.25, 0.3) is 0 Å². The van der Waals surface area contributed by atoms with Crippen LogP contribution in [0.3, 0.4) is 0 Å². The number of carbonyl (C=O) groups excluding carboxylic acids is 1. The summed E-state index contributed by atoms with van der Waals surface area (Å²) >= 11 is 0. The third-order valence-electron chi connectivity index (χ3n) is 4.40. The third kappa shape index (κ3) is 3.44. The Labute approximate surface area is 105 Å². The maximum absolute atomic E-state index is 12.1. The van der Waals surface area contributed by atoms with Crippen molar-refractivity contribution in [3.05, 3.63) is 0 Å². The van der Waals surface area contributed by atoms with Crippen molar-refractivity contribution in [2.75, 3.05) is 19.6 Å². The molecular weight excluding hydrogens is 212 g/mol. The van der Waals surface area contributed by atoms with Gasteiger partial charge in [-0.15, -0.1) is 0 Å². The molecule has 1 unspecified atom stereocenters. The number of amides is 1. The largest absolute Gasteiger partial charge is 0.341 e. The Morgan fingerprint density at radius 2 is 2.18 bits per heavy atom. The number of likely N-dealkylation sites (tertiary alicyclic amines) is 1. The van der Waals surface area contributed by atoms with Crippen LogP contribution in [0.5, 0.6) is 0 Å². The highest BCUT2D eigenvalue weighted by Crippen LogP contribution is 2.25. The number of hydrogen-bond donors (Lipinski definition) is 1. The molecule has 0 spiro atoms. The van der Waals surface area contributed by atoms with E-state index in [1.165, 1.54) is 19.3 Å². The molecule has 0 aromatic rings. The Morgan fingerprint density at radius 3 is 2.82 bits per heavy atom. The van der Waals surface area contributed by atoms with Gasteiger partial charge in [-0.2, -0.15) is 0 Å². The van der Waals surface area contributed by atoms with Gasteiger partial charge in [0.1, 0.15) is 0 Å². The van der Waals surface area contributed by atoms with Crippen molar-refractivity contribution in [1.29, 1.82) is 0 Å². The number of rotatable bonds is 3. The van der Waals surface area contributed by atoms with Gasteiger partial charge in [0.2, 0.25) is 5.91 Å². The Kier molecular flexibility index (Phi) is 4.43. The summed E-state index contributed by atoms with van der Waals surface area (Å²) in [7, 11) is 0. The predicted molar refractivity (Wildman–Crippen MR) is 69.8 cm³/mol. The topological polar surface area (TPSA) is 32.3 Å². The quantitative estimate of drug-likeness (QED) is 0.816. The van der Waals surface area contributed by atoms with E-state index < -0.39 is 0 Å². The molecule has 2 atom stereocenters. The number of nitrogens with one attached hydrogen (secondary N) is 1. The highest BCUT2D eigenvalue weighted by atomic mass is 16.2. The molecule has 0 aromatic carbocycles. The lowest BCUT2D eigenvalue weighted by molar-refractivity contribution is -0.131.